The summed E-state index contributed by atoms with van der Waals surface area (Å²) in [6.07, 6.45) is 0. The zero-order chi connectivity index (χ0) is 18.0. The van der Waals surface area contributed by atoms with Crippen LogP contribution >= 0.6 is 22.7 Å². The van der Waals surface area contributed by atoms with Gasteiger partial charge in [0.05, 0.1) is 6.61 Å². The molecule has 0 N–H and O–H groups in total. The molecule has 2 aromatic heterocycles. The normalized spacial score (nSPS) is 10.8. The van der Waals surface area contributed by atoms with E-state index in [0.29, 0.717) is 20.5 Å². The van der Waals surface area contributed by atoms with E-state index in [2.05, 4.69) is 0 Å². The molecule has 0 atom stereocenters. The van der Waals surface area contributed by atoms with E-state index in [1.165, 1.54) is 17.4 Å². The van der Waals surface area contributed by atoms with Gasteiger partial charge < -0.3 is 9.47 Å². The number of ether oxygens (including phenoxy) is 2. The number of carbonyl (C=O) groups is 2. The Morgan fingerprint density at radius 2 is 1.88 bits per heavy atom. The Labute approximate surface area is 151 Å². The fourth-order valence-corrected chi connectivity index (χ4v) is 4.38. The minimum Gasteiger partial charge on any atom is -0.462 e. The molecule has 130 valence electrons. The first-order chi connectivity index (χ1) is 12.0. The van der Waals surface area contributed by atoms with Crippen LogP contribution in [-0.4, -0.2) is 18.5 Å². The van der Waals surface area contributed by atoms with Gasteiger partial charge >= 0.3 is 11.9 Å². The van der Waals surface area contributed by atoms with E-state index in [0.717, 1.165) is 16.9 Å². The highest BCUT2D eigenvalue weighted by atomic mass is 32.1. The Morgan fingerprint density at radius 1 is 1.12 bits per heavy atom. The lowest BCUT2D eigenvalue weighted by Crippen LogP contribution is -2.09. The molecule has 0 radical (unpaired) electrons. The smallest absolute Gasteiger partial charge is 0.348 e. The van der Waals surface area contributed by atoms with Gasteiger partial charge in [-0.1, -0.05) is 6.07 Å². The fraction of sp³-hybridized carbons (Fsp3) is 0.222. The maximum atomic E-state index is 14.3. The summed E-state index contributed by atoms with van der Waals surface area (Å²) in [5, 5.41) is 2.10. The highest BCUT2D eigenvalue weighted by molar-refractivity contribution is 7.21. The van der Waals surface area contributed by atoms with E-state index < -0.39 is 17.8 Å². The third-order valence-electron chi connectivity index (χ3n) is 3.62. The summed E-state index contributed by atoms with van der Waals surface area (Å²) >= 11 is 2.42. The molecule has 3 rings (SSSR count). The van der Waals surface area contributed by atoms with Crippen LogP contribution in [0.5, 0.6) is 0 Å². The molecule has 0 spiro atoms. The van der Waals surface area contributed by atoms with Crippen molar-refractivity contribution in [2.24, 2.45) is 0 Å². The van der Waals surface area contributed by atoms with Crippen molar-refractivity contribution in [3.63, 3.8) is 0 Å². The summed E-state index contributed by atoms with van der Waals surface area (Å²) in [6.45, 7) is 3.54. The predicted molar refractivity (Wildman–Crippen MR) is 95.9 cm³/mol. The SMILES string of the molecule is CCOC(=O)c1sc2cccc(F)c2c1COC(=O)c1sccc1C. The van der Waals surface area contributed by atoms with Crippen LogP contribution in [0.4, 0.5) is 4.39 Å². The highest BCUT2D eigenvalue weighted by Crippen LogP contribution is 2.34. The monoisotopic (exact) mass is 378 g/mol. The molecule has 4 nitrogen and oxygen atoms in total. The Bertz CT molecular complexity index is 942. The number of aryl methyl sites for hydroxylation is 1. The van der Waals surface area contributed by atoms with Crippen molar-refractivity contribution in [3.8, 4) is 0 Å². The first kappa shape index (κ1) is 17.6. The van der Waals surface area contributed by atoms with Crippen molar-refractivity contribution in [1.82, 2.24) is 0 Å². The zero-order valence-electron chi connectivity index (χ0n) is 13.6. The number of benzene rings is 1. The van der Waals surface area contributed by atoms with Crippen LogP contribution in [0.1, 0.15) is 37.4 Å². The topological polar surface area (TPSA) is 52.6 Å². The lowest BCUT2D eigenvalue weighted by molar-refractivity contribution is 0.0458. The Kier molecular flexibility index (Phi) is 5.15. The van der Waals surface area contributed by atoms with Crippen LogP contribution < -0.4 is 0 Å². The summed E-state index contributed by atoms with van der Waals surface area (Å²) in [5.41, 5.74) is 1.17. The summed E-state index contributed by atoms with van der Waals surface area (Å²) in [4.78, 5) is 25.2. The average Bonchev–Trinajstić information content (AvgIpc) is 3.17. The summed E-state index contributed by atoms with van der Waals surface area (Å²) in [6, 6.07) is 6.44. The molecular weight excluding hydrogens is 363 g/mol. The van der Waals surface area contributed by atoms with E-state index in [4.69, 9.17) is 9.47 Å². The first-order valence-electron chi connectivity index (χ1n) is 7.61. The first-order valence-corrected chi connectivity index (χ1v) is 9.30. The molecule has 7 heteroatoms. The second kappa shape index (κ2) is 7.33. The van der Waals surface area contributed by atoms with Crippen LogP contribution in [0.2, 0.25) is 0 Å². The number of thiophene rings is 2. The number of fused-ring (bicyclic) bond motifs is 1. The lowest BCUT2D eigenvalue weighted by Gasteiger charge is -2.07. The molecule has 25 heavy (non-hydrogen) atoms. The number of rotatable bonds is 5. The van der Waals surface area contributed by atoms with Gasteiger partial charge in [-0.15, -0.1) is 22.7 Å². The van der Waals surface area contributed by atoms with Gasteiger partial charge in [-0.05, 0) is 43.0 Å². The zero-order valence-corrected chi connectivity index (χ0v) is 15.3. The third-order valence-corrected chi connectivity index (χ3v) is 5.79. The van der Waals surface area contributed by atoms with Gasteiger partial charge in [0.15, 0.2) is 0 Å². The van der Waals surface area contributed by atoms with Crippen molar-refractivity contribution < 1.29 is 23.5 Å². The van der Waals surface area contributed by atoms with E-state index in [1.54, 1.807) is 24.4 Å². The number of halogens is 1. The van der Waals surface area contributed by atoms with Crippen LogP contribution in [-0.2, 0) is 16.1 Å². The fourth-order valence-electron chi connectivity index (χ4n) is 2.45. The summed E-state index contributed by atoms with van der Waals surface area (Å²) in [7, 11) is 0. The number of hydrogen-bond acceptors (Lipinski definition) is 6. The predicted octanol–water partition coefficient (Wildman–Crippen LogP) is 4.94. The lowest BCUT2D eigenvalue weighted by atomic mass is 10.1. The molecule has 0 unspecified atom stereocenters. The second-order valence-corrected chi connectivity index (χ2v) is 7.22. The third kappa shape index (κ3) is 3.43. The molecule has 0 saturated heterocycles. The van der Waals surface area contributed by atoms with E-state index in [9.17, 15) is 14.0 Å². The number of esters is 2. The van der Waals surface area contributed by atoms with Crippen molar-refractivity contribution in [2.75, 3.05) is 6.61 Å². The molecule has 0 bridgehead atoms. The van der Waals surface area contributed by atoms with Crippen molar-refractivity contribution in [3.05, 3.63) is 56.3 Å². The van der Waals surface area contributed by atoms with Gasteiger partial charge in [0.2, 0.25) is 0 Å². The number of carbonyl (C=O) groups excluding carboxylic acids is 2. The molecule has 0 fully saturated rings. The minimum absolute atomic E-state index is 0.189. The van der Waals surface area contributed by atoms with E-state index in [1.807, 2.05) is 13.0 Å². The Balaban J connectivity index is 1.96. The van der Waals surface area contributed by atoms with Crippen LogP contribution in [0.3, 0.4) is 0 Å². The van der Waals surface area contributed by atoms with Crippen molar-refractivity contribution >= 4 is 44.7 Å². The molecule has 3 aromatic rings. The van der Waals surface area contributed by atoms with Gasteiger partial charge in [0.25, 0.3) is 0 Å². The maximum absolute atomic E-state index is 14.3. The Morgan fingerprint density at radius 3 is 2.56 bits per heavy atom. The molecule has 1 aromatic carbocycles. The van der Waals surface area contributed by atoms with E-state index >= 15 is 0 Å². The molecule has 0 aliphatic rings. The molecule has 0 aliphatic heterocycles. The maximum Gasteiger partial charge on any atom is 0.348 e. The van der Waals surface area contributed by atoms with Crippen LogP contribution in [0.25, 0.3) is 10.1 Å². The molecule has 0 saturated carbocycles. The van der Waals surface area contributed by atoms with E-state index in [-0.39, 0.29) is 18.1 Å². The summed E-state index contributed by atoms with van der Waals surface area (Å²) < 4.78 is 25.3. The standard InChI is InChI=1S/C18H15FO4S2/c1-3-22-18(21)16-11(14-12(19)5-4-6-13(14)25-16)9-23-17(20)15-10(2)7-8-24-15/h4-8H,3,9H2,1-2H3. The minimum atomic E-state index is -0.540. The van der Waals surface area contributed by atoms with Crippen molar-refractivity contribution in [1.29, 1.82) is 0 Å². The van der Waals surface area contributed by atoms with Crippen LogP contribution in [0.15, 0.2) is 29.6 Å². The second-order valence-electron chi connectivity index (χ2n) is 5.25. The highest BCUT2D eigenvalue weighted by Gasteiger charge is 2.23. The van der Waals surface area contributed by atoms with Gasteiger partial charge in [-0.2, -0.15) is 0 Å². The van der Waals surface area contributed by atoms with Crippen LogP contribution in [0, 0.1) is 12.7 Å². The van der Waals surface area contributed by atoms with Crippen molar-refractivity contribution in [2.45, 2.75) is 20.5 Å². The molecule has 2 heterocycles. The quantitative estimate of drug-likeness (QED) is 0.590. The molecule has 0 amide bonds. The Hall–Kier alpha value is -2.25. The van der Waals surface area contributed by atoms with Gasteiger partial charge in [-0.25, -0.2) is 14.0 Å². The summed E-state index contributed by atoms with van der Waals surface area (Å²) in [5.74, 6) is -1.48. The van der Waals surface area contributed by atoms with Gasteiger partial charge in [-0.3, -0.25) is 0 Å². The largest absolute Gasteiger partial charge is 0.462 e. The molecular formula is C18H15FO4S2. The number of hydrogen-bond donors (Lipinski definition) is 0. The average molecular weight is 378 g/mol. The molecule has 0 aliphatic carbocycles. The van der Waals surface area contributed by atoms with Gasteiger partial charge in [0, 0.05) is 15.6 Å². The van der Waals surface area contributed by atoms with Gasteiger partial charge in [0.1, 0.15) is 22.2 Å².